The number of rotatable bonds is 8. The molecule has 0 saturated carbocycles. The van der Waals surface area contributed by atoms with E-state index in [2.05, 4.69) is 18.8 Å². The van der Waals surface area contributed by atoms with Crippen LogP contribution in [0.2, 0.25) is 0 Å². The second-order valence-corrected chi connectivity index (χ2v) is 4.16. The third-order valence-electron chi connectivity index (χ3n) is 2.50. The molecule has 3 heteroatoms. The summed E-state index contributed by atoms with van der Waals surface area (Å²) in [6.07, 6.45) is 6.39. The van der Waals surface area contributed by atoms with Gasteiger partial charge in [0.05, 0.1) is 6.07 Å². The summed E-state index contributed by atoms with van der Waals surface area (Å²) in [7, 11) is 0. The van der Waals surface area contributed by atoms with Crippen LogP contribution in [0.15, 0.2) is 0 Å². The van der Waals surface area contributed by atoms with Crippen molar-refractivity contribution in [1.29, 1.82) is 5.26 Å². The highest BCUT2D eigenvalue weighted by Crippen LogP contribution is 2.04. The molecule has 3 nitrogen and oxygen atoms in total. The number of hydrogen-bond acceptors (Lipinski definition) is 3. The van der Waals surface area contributed by atoms with Crippen molar-refractivity contribution in [3.05, 3.63) is 0 Å². The average Bonchev–Trinajstić information content (AvgIpc) is 2.39. The van der Waals surface area contributed by atoms with Crippen LogP contribution in [-0.2, 0) is 9.53 Å². The maximum absolute atomic E-state index is 11.2. The first-order valence-electron chi connectivity index (χ1n) is 6.79. The van der Waals surface area contributed by atoms with Crippen molar-refractivity contribution in [3.8, 4) is 17.9 Å². The Morgan fingerprint density at radius 2 is 2.00 bits per heavy atom. The molecule has 0 saturated heterocycles. The van der Waals surface area contributed by atoms with Gasteiger partial charge in [-0.15, -0.1) is 0 Å². The molecule has 0 heterocycles. The molecule has 18 heavy (non-hydrogen) atoms. The Bertz CT molecular complexity index is 320. The van der Waals surface area contributed by atoms with Gasteiger partial charge in [-0.1, -0.05) is 45.0 Å². The first kappa shape index (κ1) is 16.5. The molecule has 1 atom stereocenters. The maximum atomic E-state index is 11.2. The van der Waals surface area contributed by atoms with Gasteiger partial charge in [0.1, 0.15) is 0 Å². The Hall–Kier alpha value is -1.48. The maximum Gasteiger partial charge on any atom is 0.306 e. The summed E-state index contributed by atoms with van der Waals surface area (Å²) in [6, 6.07) is 2.05. The minimum Gasteiger partial charge on any atom is -0.449 e. The highest BCUT2D eigenvalue weighted by atomic mass is 16.5. The summed E-state index contributed by atoms with van der Waals surface area (Å²) in [5.41, 5.74) is 0. The summed E-state index contributed by atoms with van der Waals surface area (Å²) in [6.45, 7) is 3.93. The molecular formula is C15H23NO2. The van der Waals surface area contributed by atoms with Crippen molar-refractivity contribution in [2.45, 2.75) is 71.3 Å². The van der Waals surface area contributed by atoms with Gasteiger partial charge in [0.15, 0.2) is 6.10 Å². The SMILES string of the molecule is CCCCCCC#C[C@@H](CCC#N)OC(=O)CC. The molecule has 0 rings (SSSR count). The van der Waals surface area contributed by atoms with E-state index < -0.39 is 6.10 Å². The second kappa shape index (κ2) is 12.0. The van der Waals surface area contributed by atoms with Crippen molar-refractivity contribution in [2.75, 3.05) is 0 Å². The largest absolute Gasteiger partial charge is 0.449 e. The lowest BCUT2D eigenvalue weighted by Gasteiger charge is -2.09. The first-order valence-corrected chi connectivity index (χ1v) is 6.79. The van der Waals surface area contributed by atoms with Crippen LogP contribution in [0.3, 0.4) is 0 Å². The second-order valence-electron chi connectivity index (χ2n) is 4.16. The van der Waals surface area contributed by atoms with Gasteiger partial charge in [-0.3, -0.25) is 4.79 Å². The number of esters is 1. The van der Waals surface area contributed by atoms with Gasteiger partial charge in [0, 0.05) is 25.7 Å². The van der Waals surface area contributed by atoms with E-state index in [9.17, 15) is 4.79 Å². The Labute approximate surface area is 111 Å². The molecule has 0 fully saturated rings. The number of unbranched alkanes of at least 4 members (excludes halogenated alkanes) is 4. The van der Waals surface area contributed by atoms with E-state index in [-0.39, 0.29) is 5.97 Å². The first-order chi connectivity index (χ1) is 8.74. The highest BCUT2D eigenvalue weighted by molar-refractivity contribution is 5.69. The summed E-state index contributed by atoms with van der Waals surface area (Å²) >= 11 is 0. The van der Waals surface area contributed by atoms with Gasteiger partial charge >= 0.3 is 5.97 Å². The van der Waals surface area contributed by atoms with Gasteiger partial charge in [-0.05, 0) is 6.42 Å². The summed E-state index contributed by atoms with van der Waals surface area (Å²) in [4.78, 5) is 11.2. The van der Waals surface area contributed by atoms with Crippen molar-refractivity contribution in [3.63, 3.8) is 0 Å². The zero-order valence-corrected chi connectivity index (χ0v) is 11.5. The lowest BCUT2D eigenvalue weighted by Crippen LogP contribution is -2.15. The van der Waals surface area contributed by atoms with Crippen molar-refractivity contribution >= 4 is 5.97 Å². The van der Waals surface area contributed by atoms with Crippen LogP contribution in [0.5, 0.6) is 0 Å². The minimum atomic E-state index is -0.414. The molecule has 0 N–H and O–H groups in total. The molecular weight excluding hydrogens is 226 g/mol. The molecule has 0 radical (unpaired) electrons. The molecule has 0 aliphatic rings. The zero-order chi connectivity index (χ0) is 13.6. The number of hydrogen-bond donors (Lipinski definition) is 0. The van der Waals surface area contributed by atoms with E-state index in [1.54, 1.807) is 6.92 Å². The quantitative estimate of drug-likeness (QED) is 0.375. The number of nitriles is 1. The predicted octanol–water partition coefficient (Wildman–Crippen LogP) is 3.59. The summed E-state index contributed by atoms with van der Waals surface area (Å²) < 4.78 is 5.17. The minimum absolute atomic E-state index is 0.252. The third-order valence-corrected chi connectivity index (χ3v) is 2.50. The summed E-state index contributed by atoms with van der Waals surface area (Å²) in [5.74, 6) is 5.75. The lowest BCUT2D eigenvalue weighted by atomic mass is 10.1. The Kier molecular flexibility index (Phi) is 11.0. The third kappa shape index (κ3) is 9.73. The predicted molar refractivity (Wildman–Crippen MR) is 71.6 cm³/mol. The average molecular weight is 249 g/mol. The Morgan fingerprint density at radius 3 is 2.61 bits per heavy atom. The van der Waals surface area contributed by atoms with Gasteiger partial charge < -0.3 is 4.74 Å². The monoisotopic (exact) mass is 249 g/mol. The van der Waals surface area contributed by atoms with Crippen molar-refractivity contribution in [1.82, 2.24) is 0 Å². The van der Waals surface area contributed by atoms with Crippen LogP contribution >= 0.6 is 0 Å². The van der Waals surface area contributed by atoms with E-state index in [1.165, 1.54) is 19.3 Å². The van der Waals surface area contributed by atoms with Crippen LogP contribution in [0, 0.1) is 23.2 Å². The zero-order valence-electron chi connectivity index (χ0n) is 11.5. The number of ether oxygens (including phenoxy) is 1. The number of carbonyl (C=O) groups is 1. The van der Waals surface area contributed by atoms with Crippen LogP contribution in [0.4, 0.5) is 0 Å². The Balaban J connectivity index is 4.02. The van der Waals surface area contributed by atoms with E-state index >= 15 is 0 Å². The smallest absolute Gasteiger partial charge is 0.306 e. The van der Waals surface area contributed by atoms with E-state index in [4.69, 9.17) is 10.00 Å². The van der Waals surface area contributed by atoms with E-state index in [1.807, 2.05) is 6.07 Å². The topological polar surface area (TPSA) is 50.1 Å². The molecule has 0 aromatic rings. The van der Waals surface area contributed by atoms with E-state index in [0.29, 0.717) is 19.3 Å². The molecule has 0 aromatic carbocycles. The van der Waals surface area contributed by atoms with E-state index in [0.717, 1.165) is 12.8 Å². The molecule has 100 valence electrons. The van der Waals surface area contributed by atoms with Gasteiger partial charge in [-0.25, -0.2) is 0 Å². The normalized spacial score (nSPS) is 10.9. The highest BCUT2D eigenvalue weighted by Gasteiger charge is 2.09. The van der Waals surface area contributed by atoms with Gasteiger partial charge in [-0.2, -0.15) is 5.26 Å². The van der Waals surface area contributed by atoms with Gasteiger partial charge in [0.2, 0.25) is 0 Å². The molecule has 0 unspecified atom stereocenters. The Morgan fingerprint density at radius 1 is 1.22 bits per heavy atom. The fourth-order valence-corrected chi connectivity index (χ4v) is 1.42. The number of nitrogens with zero attached hydrogens (tertiary/aromatic N) is 1. The van der Waals surface area contributed by atoms with Crippen LogP contribution < -0.4 is 0 Å². The molecule has 0 aromatic heterocycles. The lowest BCUT2D eigenvalue weighted by molar-refractivity contribution is -0.146. The molecule has 0 amide bonds. The molecule has 0 aliphatic carbocycles. The van der Waals surface area contributed by atoms with Crippen molar-refractivity contribution < 1.29 is 9.53 Å². The van der Waals surface area contributed by atoms with Crippen molar-refractivity contribution in [2.24, 2.45) is 0 Å². The van der Waals surface area contributed by atoms with Gasteiger partial charge in [0.25, 0.3) is 0 Å². The fourth-order valence-electron chi connectivity index (χ4n) is 1.42. The number of carbonyl (C=O) groups excluding carboxylic acids is 1. The van der Waals surface area contributed by atoms with Crippen LogP contribution in [0.1, 0.15) is 65.2 Å². The van der Waals surface area contributed by atoms with Crippen LogP contribution in [0.25, 0.3) is 0 Å². The molecule has 0 aliphatic heterocycles. The standard InChI is InChI=1S/C15H23NO2/c1-3-5-6-7-8-9-11-14(12-10-13-16)18-15(17)4-2/h14H,3-8,10,12H2,1-2H3/t14-/m0/s1. The molecule has 0 spiro atoms. The van der Waals surface area contributed by atoms with Crippen LogP contribution in [-0.4, -0.2) is 12.1 Å². The molecule has 0 bridgehead atoms. The summed E-state index contributed by atoms with van der Waals surface area (Å²) in [5, 5.41) is 8.54. The fraction of sp³-hybridized carbons (Fsp3) is 0.733.